The second-order valence-corrected chi connectivity index (χ2v) is 3.72. The number of hydrogen-bond acceptors (Lipinski definition) is 3. The van der Waals surface area contributed by atoms with Crippen LogP contribution in [0.25, 0.3) is 0 Å². The zero-order valence-corrected chi connectivity index (χ0v) is 8.95. The SMILES string of the molecule is CC(CO)Nc1ncccc1I. The largest absolute Gasteiger partial charge is 0.394 e. The van der Waals surface area contributed by atoms with Gasteiger partial charge in [-0.3, -0.25) is 0 Å². The third-order valence-electron chi connectivity index (χ3n) is 1.42. The summed E-state index contributed by atoms with van der Waals surface area (Å²) in [6, 6.07) is 3.91. The van der Waals surface area contributed by atoms with E-state index in [0.29, 0.717) is 0 Å². The van der Waals surface area contributed by atoms with E-state index in [4.69, 9.17) is 5.11 Å². The Balaban J connectivity index is 2.69. The van der Waals surface area contributed by atoms with Crippen LogP contribution < -0.4 is 5.32 Å². The average molecular weight is 278 g/mol. The topological polar surface area (TPSA) is 45.1 Å². The van der Waals surface area contributed by atoms with Gasteiger partial charge in [0.15, 0.2) is 0 Å². The van der Waals surface area contributed by atoms with Crippen molar-refractivity contribution in [3.05, 3.63) is 21.9 Å². The van der Waals surface area contributed by atoms with Gasteiger partial charge in [0.2, 0.25) is 0 Å². The first kappa shape index (κ1) is 9.73. The molecule has 4 heteroatoms. The molecule has 1 heterocycles. The molecular formula is C8H11IN2O. The van der Waals surface area contributed by atoms with Crippen LogP contribution in [0.15, 0.2) is 18.3 Å². The molecule has 0 bridgehead atoms. The first-order valence-corrected chi connectivity index (χ1v) is 4.80. The van der Waals surface area contributed by atoms with Gasteiger partial charge in [-0.05, 0) is 41.6 Å². The lowest BCUT2D eigenvalue weighted by Crippen LogP contribution is -2.20. The lowest BCUT2D eigenvalue weighted by Gasteiger charge is -2.11. The summed E-state index contributed by atoms with van der Waals surface area (Å²) in [4.78, 5) is 4.14. The number of anilines is 1. The highest BCUT2D eigenvalue weighted by Gasteiger charge is 2.02. The normalized spacial score (nSPS) is 12.6. The Morgan fingerprint density at radius 1 is 1.75 bits per heavy atom. The number of nitrogens with one attached hydrogen (secondary N) is 1. The van der Waals surface area contributed by atoms with E-state index in [-0.39, 0.29) is 12.6 Å². The third-order valence-corrected chi connectivity index (χ3v) is 2.29. The van der Waals surface area contributed by atoms with Crippen molar-refractivity contribution < 1.29 is 5.11 Å². The number of pyridine rings is 1. The highest BCUT2D eigenvalue weighted by molar-refractivity contribution is 14.1. The van der Waals surface area contributed by atoms with Crippen LogP contribution in [-0.2, 0) is 0 Å². The maximum Gasteiger partial charge on any atom is 0.139 e. The summed E-state index contributed by atoms with van der Waals surface area (Å²) in [5, 5.41) is 11.9. The monoisotopic (exact) mass is 278 g/mol. The second kappa shape index (κ2) is 4.61. The van der Waals surface area contributed by atoms with E-state index >= 15 is 0 Å². The number of aliphatic hydroxyl groups excluding tert-OH is 1. The van der Waals surface area contributed by atoms with Crippen LogP contribution in [0.4, 0.5) is 5.82 Å². The van der Waals surface area contributed by atoms with Crippen LogP contribution in [0.3, 0.4) is 0 Å². The van der Waals surface area contributed by atoms with Crippen molar-refractivity contribution in [3.63, 3.8) is 0 Å². The molecule has 1 atom stereocenters. The van der Waals surface area contributed by atoms with Gasteiger partial charge in [-0.2, -0.15) is 0 Å². The van der Waals surface area contributed by atoms with E-state index < -0.39 is 0 Å². The Kier molecular flexibility index (Phi) is 3.74. The molecule has 1 aromatic rings. The van der Waals surface area contributed by atoms with E-state index in [1.807, 2.05) is 19.1 Å². The van der Waals surface area contributed by atoms with E-state index in [9.17, 15) is 0 Å². The van der Waals surface area contributed by atoms with Crippen molar-refractivity contribution in [2.75, 3.05) is 11.9 Å². The second-order valence-electron chi connectivity index (χ2n) is 2.56. The van der Waals surface area contributed by atoms with Crippen molar-refractivity contribution in [1.82, 2.24) is 4.98 Å². The molecule has 66 valence electrons. The number of halogens is 1. The van der Waals surface area contributed by atoms with Crippen LogP contribution in [-0.4, -0.2) is 22.7 Å². The van der Waals surface area contributed by atoms with E-state index in [0.717, 1.165) is 9.39 Å². The summed E-state index contributed by atoms with van der Waals surface area (Å²) in [5.74, 6) is 0.833. The van der Waals surface area contributed by atoms with Crippen LogP contribution in [0, 0.1) is 3.57 Å². The van der Waals surface area contributed by atoms with Gasteiger partial charge in [0.25, 0.3) is 0 Å². The number of aliphatic hydroxyl groups is 1. The summed E-state index contributed by atoms with van der Waals surface area (Å²) in [5.41, 5.74) is 0. The third kappa shape index (κ3) is 2.60. The van der Waals surface area contributed by atoms with Gasteiger partial charge in [-0.25, -0.2) is 4.98 Å². The van der Waals surface area contributed by atoms with Crippen molar-refractivity contribution in [1.29, 1.82) is 0 Å². The van der Waals surface area contributed by atoms with Crippen LogP contribution in [0.1, 0.15) is 6.92 Å². The van der Waals surface area contributed by atoms with Crippen molar-refractivity contribution in [2.24, 2.45) is 0 Å². The van der Waals surface area contributed by atoms with Gasteiger partial charge in [0.05, 0.1) is 10.2 Å². The van der Waals surface area contributed by atoms with Crippen LogP contribution >= 0.6 is 22.6 Å². The molecule has 0 amide bonds. The number of nitrogens with zero attached hydrogens (tertiary/aromatic N) is 1. The molecule has 1 unspecified atom stereocenters. The predicted molar refractivity (Wildman–Crippen MR) is 57.1 cm³/mol. The zero-order valence-electron chi connectivity index (χ0n) is 6.79. The average Bonchev–Trinajstić information content (AvgIpc) is 2.09. The predicted octanol–water partition coefficient (Wildman–Crippen LogP) is 1.48. The van der Waals surface area contributed by atoms with Gasteiger partial charge in [0.1, 0.15) is 5.82 Å². The molecule has 0 aliphatic rings. The highest BCUT2D eigenvalue weighted by atomic mass is 127. The maximum atomic E-state index is 8.79. The Labute approximate surface area is 85.4 Å². The molecule has 0 aromatic carbocycles. The fraction of sp³-hybridized carbons (Fsp3) is 0.375. The number of aromatic nitrogens is 1. The maximum absolute atomic E-state index is 8.79. The summed E-state index contributed by atoms with van der Waals surface area (Å²) in [7, 11) is 0. The van der Waals surface area contributed by atoms with Crippen LogP contribution in [0.2, 0.25) is 0 Å². The molecule has 3 nitrogen and oxygen atoms in total. The summed E-state index contributed by atoms with van der Waals surface area (Å²) in [6.45, 7) is 2.03. The first-order valence-electron chi connectivity index (χ1n) is 3.72. The Bertz CT molecular complexity index is 255. The highest BCUT2D eigenvalue weighted by Crippen LogP contribution is 2.14. The molecule has 0 saturated heterocycles. The molecule has 0 spiro atoms. The molecule has 2 N–H and O–H groups in total. The lowest BCUT2D eigenvalue weighted by atomic mass is 10.3. The van der Waals surface area contributed by atoms with E-state index in [1.165, 1.54) is 0 Å². The minimum atomic E-state index is 0.0495. The van der Waals surface area contributed by atoms with Crippen LogP contribution in [0.5, 0.6) is 0 Å². The summed E-state index contributed by atoms with van der Waals surface area (Å²) >= 11 is 2.20. The summed E-state index contributed by atoms with van der Waals surface area (Å²) < 4.78 is 1.07. The summed E-state index contributed by atoms with van der Waals surface area (Å²) in [6.07, 6.45) is 1.73. The molecule has 0 radical (unpaired) electrons. The molecule has 0 fully saturated rings. The smallest absolute Gasteiger partial charge is 0.139 e. The Morgan fingerprint density at radius 2 is 2.50 bits per heavy atom. The van der Waals surface area contributed by atoms with Gasteiger partial charge in [-0.1, -0.05) is 0 Å². The fourth-order valence-corrected chi connectivity index (χ4v) is 1.27. The molecular weight excluding hydrogens is 267 g/mol. The minimum Gasteiger partial charge on any atom is -0.394 e. The van der Waals surface area contributed by atoms with E-state index in [1.54, 1.807) is 6.20 Å². The molecule has 12 heavy (non-hydrogen) atoms. The first-order chi connectivity index (χ1) is 5.74. The fourth-order valence-electron chi connectivity index (χ4n) is 0.771. The molecule has 0 aliphatic carbocycles. The van der Waals surface area contributed by atoms with Gasteiger partial charge in [0, 0.05) is 12.2 Å². The Hall–Kier alpha value is -0.360. The number of rotatable bonds is 3. The van der Waals surface area contributed by atoms with Gasteiger partial charge >= 0.3 is 0 Å². The number of hydrogen-bond donors (Lipinski definition) is 2. The Morgan fingerprint density at radius 3 is 3.08 bits per heavy atom. The van der Waals surface area contributed by atoms with Crippen molar-refractivity contribution in [2.45, 2.75) is 13.0 Å². The standard InChI is InChI=1S/C8H11IN2O/c1-6(5-12)11-8-7(9)3-2-4-10-8/h2-4,6,12H,5H2,1H3,(H,10,11). The van der Waals surface area contributed by atoms with Gasteiger partial charge < -0.3 is 10.4 Å². The quantitative estimate of drug-likeness (QED) is 0.823. The van der Waals surface area contributed by atoms with Gasteiger partial charge in [-0.15, -0.1) is 0 Å². The van der Waals surface area contributed by atoms with Crippen molar-refractivity contribution in [3.8, 4) is 0 Å². The molecule has 1 rings (SSSR count). The molecule has 1 aromatic heterocycles. The zero-order chi connectivity index (χ0) is 8.97. The minimum absolute atomic E-state index is 0.0495. The molecule has 0 aliphatic heterocycles. The lowest BCUT2D eigenvalue weighted by molar-refractivity contribution is 0.281. The van der Waals surface area contributed by atoms with Crippen molar-refractivity contribution >= 4 is 28.4 Å². The molecule has 0 saturated carbocycles. The van der Waals surface area contributed by atoms with E-state index in [2.05, 4.69) is 32.9 Å².